The third kappa shape index (κ3) is 4.23. The van der Waals surface area contributed by atoms with Gasteiger partial charge in [-0.2, -0.15) is 9.40 Å². The zero-order chi connectivity index (χ0) is 19.6. The molecule has 1 aliphatic heterocycles. The number of piperidine rings is 1. The normalized spacial score (nSPS) is 17.0. The van der Waals surface area contributed by atoms with Gasteiger partial charge < -0.3 is 4.90 Å². The number of sulfonamides is 1. The monoisotopic (exact) mass is 394 g/mol. The van der Waals surface area contributed by atoms with E-state index in [-0.39, 0.29) is 16.8 Å². The second-order valence-electron chi connectivity index (χ2n) is 7.06. The summed E-state index contributed by atoms with van der Waals surface area (Å²) in [4.78, 5) is 2.48. The molecule has 1 aromatic carbocycles. The molecule has 0 atom stereocenters. The Hall–Kier alpha value is -1.77. The summed E-state index contributed by atoms with van der Waals surface area (Å²) in [6, 6.07) is 5.04. The van der Waals surface area contributed by atoms with Crippen molar-refractivity contribution in [3.05, 3.63) is 41.7 Å². The average molecular weight is 395 g/mol. The van der Waals surface area contributed by atoms with Gasteiger partial charge in [-0.25, -0.2) is 12.8 Å². The van der Waals surface area contributed by atoms with Crippen molar-refractivity contribution in [2.24, 2.45) is 0 Å². The van der Waals surface area contributed by atoms with E-state index >= 15 is 0 Å². The third-order valence-electron chi connectivity index (χ3n) is 5.26. The zero-order valence-electron chi connectivity index (χ0n) is 15.9. The van der Waals surface area contributed by atoms with Crippen LogP contribution in [0.1, 0.15) is 32.7 Å². The second kappa shape index (κ2) is 8.08. The quantitative estimate of drug-likeness (QED) is 0.724. The number of nitrogens with zero attached hydrogens (tertiary/aromatic N) is 4. The van der Waals surface area contributed by atoms with E-state index in [1.54, 1.807) is 12.3 Å². The van der Waals surface area contributed by atoms with E-state index in [2.05, 4.69) is 16.6 Å². The lowest BCUT2D eigenvalue weighted by atomic mass is 10.0. The molecule has 0 aliphatic carbocycles. The Morgan fingerprint density at radius 1 is 1.37 bits per heavy atom. The Balaban J connectivity index is 1.58. The number of benzene rings is 1. The SMILES string of the molecule is C=C(C)S(=O)(=O)N(CC)CCN1CCC(n2ncc3cc(F)ccc32)CC1. The van der Waals surface area contributed by atoms with E-state index in [0.29, 0.717) is 19.6 Å². The first-order valence-electron chi connectivity index (χ1n) is 9.33. The molecule has 1 fully saturated rings. The standard InChI is InChI=1S/C19H27FN4O2S/c1-4-23(27(25,26)15(2)3)12-11-22-9-7-18(8-10-22)24-19-6-5-17(20)13-16(19)14-21-24/h5-6,13-14,18H,2,4,7-12H2,1,3H3. The second-order valence-corrected chi connectivity index (χ2v) is 9.23. The lowest BCUT2D eigenvalue weighted by molar-refractivity contribution is 0.174. The van der Waals surface area contributed by atoms with E-state index in [4.69, 9.17) is 0 Å². The first-order chi connectivity index (χ1) is 12.8. The molecular weight excluding hydrogens is 367 g/mol. The van der Waals surface area contributed by atoms with Crippen LogP contribution in [-0.4, -0.2) is 60.1 Å². The fraction of sp³-hybridized carbons (Fsp3) is 0.526. The van der Waals surface area contributed by atoms with E-state index in [9.17, 15) is 12.8 Å². The molecule has 0 amide bonds. The number of aromatic nitrogens is 2. The molecule has 1 aromatic heterocycles. The van der Waals surface area contributed by atoms with E-state index in [1.165, 1.54) is 23.4 Å². The van der Waals surface area contributed by atoms with Crippen LogP contribution in [0.15, 0.2) is 35.9 Å². The van der Waals surface area contributed by atoms with Crippen molar-refractivity contribution in [3.8, 4) is 0 Å². The fourth-order valence-corrected chi connectivity index (χ4v) is 4.73. The molecule has 0 spiro atoms. The summed E-state index contributed by atoms with van der Waals surface area (Å²) >= 11 is 0. The smallest absolute Gasteiger partial charge is 0.238 e. The van der Waals surface area contributed by atoms with Crippen molar-refractivity contribution >= 4 is 20.9 Å². The van der Waals surface area contributed by atoms with E-state index in [0.717, 1.165) is 36.8 Å². The number of allylic oxidation sites excluding steroid dienone is 1. The minimum Gasteiger partial charge on any atom is -0.302 e. The summed E-state index contributed by atoms with van der Waals surface area (Å²) < 4.78 is 41.4. The highest BCUT2D eigenvalue weighted by molar-refractivity contribution is 7.92. The van der Waals surface area contributed by atoms with Gasteiger partial charge in [0.25, 0.3) is 0 Å². The van der Waals surface area contributed by atoms with E-state index < -0.39 is 10.0 Å². The predicted molar refractivity (Wildman–Crippen MR) is 105 cm³/mol. The molecule has 0 unspecified atom stereocenters. The predicted octanol–water partition coefficient (Wildman–Crippen LogP) is 3.00. The Morgan fingerprint density at radius 2 is 2.07 bits per heavy atom. The molecule has 8 heteroatoms. The van der Waals surface area contributed by atoms with Crippen LogP contribution >= 0.6 is 0 Å². The van der Waals surface area contributed by atoms with Crippen LogP contribution in [0.3, 0.4) is 0 Å². The Morgan fingerprint density at radius 3 is 2.70 bits per heavy atom. The first kappa shape index (κ1) is 20.0. The lowest BCUT2D eigenvalue weighted by Gasteiger charge is -2.33. The van der Waals surface area contributed by atoms with Gasteiger partial charge in [0.05, 0.1) is 17.8 Å². The number of halogens is 1. The largest absolute Gasteiger partial charge is 0.302 e. The van der Waals surface area contributed by atoms with Crippen molar-refractivity contribution in [2.45, 2.75) is 32.7 Å². The summed E-state index contributed by atoms with van der Waals surface area (Å²) in [5.74, 6) is -0.248. The Bertz CT molecular complexity index is 917. The molecule has 0 N–H and O–H groups in total. The zero-order valence-corrected chi connectivity index (χ0v) is 16.8. The van der Waals surface area contributed by atoms with Crippen LogP contribution in [0.4, 0.5) is 4.39 Å². The van der Waals surface area contributed by atoms with Crippen molar-refractivity contribution in [3.63, 3.8) is 0 Å². The third-order valence-corrected chi connectivity index (χ3v) is 7.26. The Kier molecular flexibility index (Phi) is 5.98. The summed E-state index contributed by atoms with van der Waals surface area (Å²) in [7, 11) is -3.40. The molecule has 2 heterocycles. The highest BCUT2D eigenvalue weighted by Crippen LogP contribution is 2.26. The maximum atomic E-state index is 13.4. The number of hydrogen-bond donors (Lipinski definition) is 0. The Labute approximate surface area is 160 Å². The number of fused-ring (bicyclic) bond motifs is 1. The van der Waals surface area contributed by atoms with Gasteiger partial charge in [0, 0.05) is 43.0 Å². The van der Waals surface area contributed by atoms with Gasteiger partial charge in [-0.05, 0) is 38.0 Å². The molecule has 148 valence electrons. The van der Waals surface area contributed by atoms with Gasteiger partial charge in [0.15, 0.2) is 0 Å². The van der Waals surface area contributed by atoms with Crippen molar-refractivity contribution in [1.82, 2.24) is 19.0 Å². The number of likely N-dealkylation sites (N-methyl/N-ethyl adjacent to an activating group) is 1. The molecule has 2 aromatic rings. The first-order valence-corrected chi connectivity index (χ1v) is 10.8. The minimum atomic E-state index is -3.40. The van der Waals surface area contributed by atoms with Crippen molar-refractivity contribution in [1.29, 1.82) is 0 Å². The molecule has 3 rings (SSSR count). The molecule has 27 heavy (non-hydrogen) atoms. The fourth-order valence-electron chi connectivity index (χ4n) is 3.62. The summed E-state index contributed by atoms with van der Waals surface area (Å²) in [5.41, 5.74) is 0.958. The van der Waals surface area contributed by atoms with Crippen LogP contribution in [0.5, 0.6) is 0 Å². The minimum absolute atomic E-state index is 0.185. The highest BCUT2D eigenvalue weighted by Gasteiger charge is 2.25. The number of rotatable bonds is 7. The number of hydrogen-bond acceptors (Lipinski definition) is 4. The van der Waals surface area contributed by atoms with Crippen LogP contribution in [0.25, 0.3) is 10.9 Å². The number of likely N-dealkylation sites (tertiary alicyclic amines) is 1. The summed E-state index contributed by atoms with van der Waals surface area (Å²) in [6.45, 7) is 10.4. The van der Waals surface area contributed by atoms with Gasteiger partial charge in [0.2, 0.25) is 10.0 Å². The molecule has 0 radical (unpaired) electrons. The average Bonchev–Trinajstić information content (AvgIpc) is 3.05. The van der Waals surface area contributed by atoms with Crippen molar-refractivity contribution < 1.29 is 12.8 Å². The van der Waals surface area contributed by atoms with Crippen molar-refractivity contribution in [2.75, 3.05) is 32.7 Å². The summed E-state index contributed by atoms with van der Waals surface area (Å²) in [5, 5.41) is 5.28. The van der Waals surface area contributed by atoms with E-state index in [1.807, 2.05) is 11.6 Å². The van der Waals surface area contributed by atoms with Crippen LogP contribution in [0, 0.1) is 5.82 Å². The van der Waals surface area contributed by atoms with Gasteiger partial charge in [0.1, 0.15) is 5.82 Å². The molecule has 1 saturated heterocycles. The van der Waals surface area contributed by atoms with Crippen LogP contribution < -0.4 is 0 Å². The van der Waals surface area contributed by atoms with Gasteiger partial charge in [-0.15, -0.1) is 0 Å². The molecule has 0 saturated carbocycles. The molecule has 1 aliphatic rings. The van der Waals surface area contributed by atoms with Crippen LogP contribution in [0.2, 0.25) is 0 Å². The summed E-state index contributed by atoms with van der Waals surface area (Å²) in [6.07, 6.45) is 3.59. The highest BCUT2D eigenvalue weighted by atomic mass is 32.2. The van der Waals surface area contributed by atoms with Crippen LogP contribution in [-0.2, 0) is 10.0 Å². The van der Waals surface area contributed by atoms with Gasteiger partial charge in [-0.1, -0.05) is 13.5 Å². The lowest BCUT2D eigenvalue weighted by Crippen LogP contribution is -2.42. The maximum Gasteiger partial charge on any atom is 0.238 e. The van der Waals surface area contributed by atoms with Gasteiger partial charge >= 0.3 is 0 Å². The molecular formula is C19H27FN4O2S. The molecule has 0 bridgehead atoms. The molecule has 6 nitrogen and oxygen atoms in total. The topological polar surface area (TPSA) is 58.4 Å². The maximum absolute atomic E-state index is 13.4. The van der Waals surface area contributed by atoms with Gasteiger partial charge in [-0.3, -0.25) is 4.68 Å².